The molecule has 0 saturated carbocycles. The largest absolute Gasteiger partial charge is 0.508 e. The van der Waals surface area contributed by atoms with Crippen LogP contribution in [0.4, 0.5) is 0 Å². The molecule has 0 spiro atoms. The quantitative estimate of drug-likeness (QED) is 0.116. The number of hydrogen-bond acceptors (Lipinski definition) is 10. The fourth-order valence-corrected chi connectivity index (χ4v) is 5.89. The summed E-state index contributed by atoms with van der Waals surface area (Å²) in [6, 6.07) is 9.53. The van der Waals surface area contributed by atoms with Crippen LogP contribution in [0.15, 0.2) is 42.5 Å². The number of hydrogen-bond donors (Lipinski definition) is 10. The standard InChI is InChI=1S/C35H55N9O5.5ClH/c36-12-2-7-26(39)21-41-32(46)19-27(8-3-13-37)42-33(47)20-28-16-22-5-1-6-23(15-22)24-10-11-31(45)25(17-24)18-29(40)34(48)44-30(9-4-14-38)35(49)43-28;;;;;/h1,5-6,10-11,15,17,26-30,45H,2-4,7-9,12-14,16,18-21,36-40H2,(H,41,46)(H,42,47)(H,43,49)(H,44,48);5*1H/t26-,27-,28+,29?,30-;;;;;/m0...../s1. The van der Waals surface area contributed by atoms with Gasteiger partial charge in [0, 0.05) is 43.9 Å². The van der Waals surface area contributed by atoms with E-state index < -0.39 is 36.0 Å². The zero-order chi connectivity index (χ0) is 35.8. The van der Waals surface area contributed by atoms with Crippen molar-refractivity contribution >= 4 is 85.7 Å². The minimum Gasteiger partial charge on any atom is -0.508 e. The number of nitrogens with two attached hydrogens (primary N) is 5. The predicted octanol–water partition coefficient (Wildman–Crippen LogP) is 1.49. The van der Waals surface area contributed by atoms with Gasteiger partial charge in [0.15, 0.2) is 0 Å². The molecule has 19 heteroatoms. The first-order valence-electron chi connectivity index (χ1n) is 17.2. The van der Waals surface area contributed by atoms with Crippen LogP contribution in [0.3, 0.4) is 0 Å². The molecule has 15 N–H and O–H groups in total. The van der Waals surface area contributed by atoms with Crippen molar-refractivity contribution in [3.63, 3.8) is 0 Å². The van der Waals surface area contributed by atoms with Crippen molar-refractivity contribution in [3.05, 3.63) is 53.6 Å². The van der Waals surface area contributed by atoms with Gasteiger partial charge in [-0.05, 0) is 99.0 Å². The van der Waals surface area contributed by atoms with E-state index in [9.17, 15) is 24.3 Å². The summed E-state index contributed by atoms with van der Waals surface area (Å²) in [6.45, 7) is 1.54. The number of phenolic OH excluding ortho intramolecular Hbond substituents is 1. The molecule has 0 aliphatic carbocycles. The molecule has 0 fully saturated rings. The van der Waals surface area contributed by atoms with Crippen molar-refractivity contribution in [2.75, 3.05) is 26.2 Å². The Morgan fingerprint density at radius 3 is 2.13 bits per heavy atom. The summed E-state index contributed by atoms with van der Waals surface area (Å²) in [4.78, 5) is 53.1. The normalized spacial score (nSPS) is 17.6. The van der Waals surface area contributed by atoms with Gasteiger partial charge < -0.3 is 55.0 Å². The fourth-order valence-electron chi connectivity index (χ4n) is 5.89. The van der Waals surface area contributed by atoms with Gasteiger partial charge in [-0.15, -0.1) is 62.0 Å². The molecule has 4 amide bonds. The molecule has 0 aromatic heterocycles. The van der Waals surface area contributed by atoms with Crippen LogP contribution in [0.1, 0.15) is 62.5 Å². The van der Waals surface area contributed by atoms with Gasteiger partial charge in [-0.2, -0.15) is 0 Å². The lowest BCUT2D eigenvalue weighted by atomic mass is 9.95. The summed E-state index contributed by atoms with van der Waals surface area (Å²) in [5, 5.41) is 22.1. The van der Waals surface area contributed by atoms with Crippen LogP contribution < -0.4 is 49.9 Å². The van der Waals surface area contributed by atoms with Gasteiger partial charge in [0.1, 0.15) is 11.8 Å². The molecular formula is C35H60Cl5N9O5. The third-order valence-electron chi connectivity index (χ3n) is 8.60. The monoisotopic (exact) mass is 861 g/mol. The Kier molecular flexibility index (Phi) is 30.6. The second-order valence-electron chi connectivity index (χ2n) is 12.9. The van der Waals surface area contributed by atoms with E-state index in [2.05, 4.69) is 21.3 Å². The van der Waals surface area contributed by atoms with Gasteiger partial charge in [0.05, 0.1) is 6.04 Å². The number of rotatable bonds is 16. The topological polar surface area (TPSA) is 267 Å². The van der Waals surface area contributed by atoms with Crippen molar-refractivity contribution < 1.29 is 24.3 Å². The molecule has 1 aliphatic heterocycles. The maximum Gasteiger partial charge on any atom is 0.242 e. The lowest BCUT2D eigenvalue weighted by Gasteiger charge is -2.25. The minimum absolute atomic E-state index is 0. The highest BCUT2D eigenvalue weighted by Gasteiger charge is 2.28. The summed E-state index contributed by atoms with van der Waals surface area (Å²) in [7, 11) is 0. The number of carbonyl (C=O) groups excluding carboxylic acids is 4. The van der Waals surface area contributed by atoms with Gasteiger partial charge in [-0.3, -0.25) is 19.2 Å². The van der Waals surface area contributed by atoms with E-state index in [0.29, 0.717) is 63.8 Å². The Morgan fingerprint density at radius 2 is 1.46 bits per heavy atom. The smallest absolute Gasteiger partial charge is 0.242 e. The highest BCUT2D eigenvalue weighted by atomic mass is 35.5. The van der Waals surface area contributed by atoms with Gasteiger partial charge in [0.25, 0.3) is 0 Å². The Bertz CT molecular complexity index is 1420. The van der Waals surface area contributed by atoms with Crippen molar-refractivity contribution in [3.8, 4) is 16.9 Å². The Morgan fingerprint density at radius 1 is 0.815 bits per heavy atom. The summed E-state index contributed by atoms with van der Waals surface area (Å²) >= 11 is 0. The molecular weight excluding hydrogens is 804 g/mol. The molecule has 1 aliphatic rings. The summed E-state index contributed by atoms with van der Waals surface area (Å²) in [5.74, 6) is -1.58. The van der Waals surface area contributed by atoms with Gasteiger partial charge >= 0.3 is 0 Å². The van der Waals surface area contributed by atoms with Crippen LogP contribution in [0.25, 0.3) is 11.1 Å². The second kappa shape index (κ2) is 29.6. The van der Waals surface area contributed by atoms with E-state index in [0.717, 1.165) is 23.1 Å². The average molecular weight is 864 g/mol. The number of halogens is 5. The van der Waals surface area contributed by atoms with Gasteiger partial charge in [0.2, 0.25) is 23.6 Å². The summed E-state index contributed by atoms with van der Waals surface area (Å²) in [6.07, 6.45) is 3.62. The highest BCUT2D eigenvalue weighted by molar-refractivity contribution is 5.90. The van der Waals surface area contributed by atoms with Crippen LogP contribution in [0.5, 0.6) is 5.75 Å². The Balaban J connectivity index is -0.00000520. The molecule has 14 nitrogen and oxygen atoms in total. The number of aromatic hydroxyl groups is 1. The molecule has 2 aromatic carbocycles. The first kappa shape index (κ1) is 55.7. The molecule has 1 unspecified atom stereocenters. The van der Waals surface area contributed by atoms with E-state index in [1.807, 2.05) is 24.3 Å². The van der Waals surface area contributed by atoms with E-state index in [1.54, 1.807) is 18.2 Å². The van der Waals surface area contributed by atoms with E-state index >= 15 is 0 Å². The summed E-state index contributed by atoms with van der Waals surface area (Å²) < 4.78 is 0. The number of benzene rings is 2. The van der Waals surface area contributed by atoms with Gasteiger partial charge in [-0.25, -0.2) is 0 Å². The maximum atomic E-state index is 13.7. The zero-order valence-electron chi connectivity index (χ0n) is 30.3. The Hall–Kier alpha value is -2.63. The highest BCUT2D eigenvalue weighted by Crippen LogP contribution is 2.28. The molecule has 0 radical (unpaired) electrons. The SMILES string of the molecule is Cl.Cl.Cl.Cl.Cl.NCCC[C@H](N)CNC(=O)C[C@H](CCCN)NC(=O)C[C@H]1Cc2cccc(c2)-c2ccc(O)c(c2)CC(N)C(=O)N[C@@H](CCCN)C(=O)N1. The van der Waals surface area contributed by atoms with E-state index in [4.69, 9.17) is 28.7 Å². The van der Waals surface area contributed by atoms with Gasteiger partial charge in [-0.1, -0.05) is 30.3 Å². The van der Waals surface area contributed by atoms with Crippen LogP contribution in [-0.4, -0.2) is 85.1 Å². The molecule has 4 bridgehead atoms. The van der Waals surface area contributed by atoms with Crippen molar-refractivity contribution in [1.29, 1.82) is 0 Å². The van der Waals surface area contributed by atoms with E-state index in [-0.39, 0.29) is 111 Å². The average Bonchev–Trinajstić information content (AvgIpc) is 3.07. The lowest BCUT2D eigenvalue weighted by molar-refractivity contribution is -0.130. The van der Waals surface area contributed by atoms with Crippen molar-refractivity contribution in [2.24, 2.45) is 28.7 Å². The lowest BCUT2D eigenvalue weighted by Crippen LogP contribution is -2.54. The van der Waals surface area contributed by atoms with Crippen LogP contribution >= 0.6 is 62.0 Å². The second-order valence-corrected chi connectivity index (χ2v) is 12.9. The number of amides is 4. The predicted molar refractivity (Wildman–Crippen MR) is 226 cm³/mol. The summed E-state index contributed by atoms with van der Waals surface area (Å²) in [5.41, 5.74) is 32.4. The Labute approximate surface area is 349 Å². The number of fused-ring (bicyclic) bond motifs is 5. The van der Waals surface area contributed by atoms with E-state index in [1.165, 1.54) is 0 Å². The first-order chi connectivity index (χ1) is 23.5. The maximum absolute atomic E-state index is 13.7. The van der Waals surface area contributed by atoms with Crippen LogP contribution in [0, 0.1) is 0 Å². The third-order valence-corrected chi connectivity index (χ3v) is 8.60. The third kappa shape index (κ3) is 19.3. The minimum atomic E-state index is -1.03. The van der Waals surface area contributed by atoms with Crippen molar-refractivity contribution in [1.82, 2.24) is 21.3 Å². The first-order valence-corrected chi connectivity index (χ1v) is 17.2. The van der Waals surface area contributed by atoms with Crippen molar-refractivity contribution in [2.45, 2.75) is 94.4 Å². The molecule has 3 rings (SSSR count). The number of nitrogens with one attached hydrogen (secondary N) is 4. The van der Waals surface area contributed by atoms with Crippen LogP contribution in [0.2, 0.25) is 0 Å². The molecule has 0 saturated heterocycles. The molecule has 1 heterocycles. The number of carbonyl (C=O) groups is 4. The molecule has 54 heavy (non-hydrogen) atoms. The zero-order valence-corrected chi connectivity index (χ0v) is 34.4. The number of phenols is 1. The molecule has 5 atom stereocenters. The fraction of sp³-hybridized carbons (Fsp3) is 0.543. The van der Waals surface area contributed by atoms with Crippen LogP contribution in [-0.2, 0) is 32.0 Å². The molecule has 2 aromatic rings. The molecule has 310 valence electrons.